The lowest BCUT2D eigenvalue weighted by Gasteiger charge is -2.20. The fraction of sp³-hybridized carbons (Fsp3) is 0.375. The molecule has 1 aromatic carbocycles. The third-order valence-corrected chi connectivity index (χ3v) is 5.15. The van der Waals surface area contributed by atoms with Gasteiger partial charge in [0.1, 0.15) is 0 Å². The standard InChI is InChI=1S/C16H17N3O2S/c1-10-17-16(21-18-10)14-7-12(20)8-19(14)9-13-6-11-4-2-3-5-15(11)22-13/h2-6,12,14,20H,7-9H2,1H3/t12-,14-/m1/s1. The zero-order valence-corrected chi connectivity index (χ0v) is 13.1. The van der Waals surface area contributed by atoms with Gasteiger partial charge in [0, 0.05) is 22.7 Å². The Bertz CT molecular complexity index is 764. The van der Waals surface area contributed by atoms with Gasteiger partial charge in [-0.25, -0.2) is 0 Å². The number of aliphatic hydroxyl groups is 1. The average Bonchev–Trinajstić information content (AvgIpc) is 3.17. The lowest BCUT2D eigenvalue weighted by Crippen LogP contribution is -2.24. The largest absolute Gasteiger partial charge is 0.392 e. The molecule has 22 heavy (non-hydrogen) atoms. The van der Waals surface area contributed by atoms with Crippen LogP contribution in [0.1, 0.15) is 29.1 Å². The fourth-order valence-corrected chi connectivity index (χ4v) is 4.16. The number of nitrogens with zero attached hydrogens (tertiary/aromatic N) is 3. The van der Waals surface area contributed by atoms with E-state index in [1.54, 1.807) is 11.3 Å². The first-order chi connectivity index (χ1) is 10.7. The van der Waals surface area contributed by atoms with Crippen LogP contribution in [-0.2, 0) is 6.54 Å². The minimum absolute atomic E-state index is 0.00131. The van der Waals surface area contributed by atoms with Gasteiger partial charge in [0.2, 0.25) is 5.89 Å². The monoisotopic (exact) mass is 315 g/mol. The first-order valence-corrected chi connectivity index (χ1v) is 8.20. The number of likely N-dealkylation sites (tertiary alicyclic amines) is 1. The van der Waals surface area contributed by atoms with Gasteiger partial charge >= 0.3 is 0 Å². The molecular formula is C16H17N3O2S. The number of thiophene rings is 1. The van der Waals surface area contributed by atoms with Crippen LogP contribution in [0.25, 0.3) is 10.1 Å². The van der Waals surface area contributed by atoms with Gasteiger partial charge in [-0.05, 0) is 30.9 Å². The van der Waals surface area contributed by atoms with Gasteiger partial charge in [-0.1, -0.05) is 23.4 Å². The van der Waals surface area contributed by atoms with Gasteiger partial charge in [-0.2, -0.15) is 4.98 Å². The van der Waals surface area contributed by atoms with E-state index in [0.29, 0.717) is 24.7 Å². The molecule has 0 unspecified atom stereocenters. The maximum absolute atomic E-state index is 10.0. The van der Waals surface area contributed by atoms with Crippen LogP contribution in [0.2, 0.25) is 0 Å². The molecule has 114 valence electrons. The van der Waals surface area contributed by atoms with E-state index in [9.17, 15) is 5.11 Å². The Morgan fingerprint density at radius 2 is 2.27 bits per heavy atom. The molecule has 1 N–H and O–H groups in total. The smallest absolute Gasteiger partial charge is 0.244 e. The Labute approximate surface area is 132 Å². The Morgan fingerprint density at radius 3 is 3.05 bits per heavy atom. The number of fused-ring (bicyclic) bond motifs is 1. The van der Waals surface area contributed by atoms with Crippen molar-refractivity contribution in [2.75, 3.05) is 6.54 Å². The summed E-state index contributed by atoms with van der Waals surface area (Å²) in [4.78, 5) is 7.85. The molecule has 1 aliphatic heterocycles. The number of β-amino-alcohol motifs (C(OH)–C–C–N with tert-alkyl or cyclic N) is 1. The maximum atomic E-state index is 10.0. The summed E-state index contributed by atoms with van der Waals surface area (Å²) in [6.45, 7) is 3.25. The highest BCUT2D eigenvalue weighted by atomic mass is 32.1. The van der Waals surface area contributed by atoms with E-state index in [1.165, 1.54) is 15.0 Å². The minimum atomic E-state index is -0.341. The summed E-state index contributed by atoms with van der Waals surface area (Å²) in [6.07, 6.45) is 0.304. The van der Waals surface area contributed by atoms with Crippen LogP contribution < -0.4 is 0 Å². The van der Waals surface area contributed by atoms with Crippen LogP contribution in [0.3, 0.4) is 0 Å². The van der Waals surface area contributed by atoms with Gasteiger partial charge < -0.3 is 9.63 Å². The molecule has 0 bridgehead atoms. The fourth-order valence-electron chi connectivity index (χ4n) is 3.07. The Kier molecular flexibility index (Phi) is 3.44. The van der Waals surface area contributed by atoms with Crippen LogP contribution in [-0.4, -0.2) is 32.8 Å². The second kappa shape index (κ2) is 5.46. The highest BCUT2D eigenvalue weighted by molar-refractivity contribution is 7.19. The molecule has 0 saturated carbocycles. The summed E-state index contributed by atoms with van der Waals surface area (Å²) in [7, 11) is 0. The number of aromatic nitrogens is 2. The van der Waals surface area contributed by atoms with Crippen molar-refractivity contribution in [1.29, 1.82) is 0 Å². The summed E-state index contributed by atoms with van der Waals surface area (Å²) in [6, 6.07) is 10.6. The lowest BCUT2D eigenvalue weighted by molar-refractivity contribution is 0.170. The predicted octanol–water partition coefficient (Wildman–Crippen LogP) is 2.90. The van der Waals surface area contributed by atoms with Crippen molar-refractivity contribution in [3.05, 3.63) is 46.9 Å². The number of hydrogen-bond donors (Lipinski definition) is 1. The van der Waals surface area contributed by atoms with Crippen molar-refractivity contribution in [3.8, 4) is 0 Å². The molecule has 1 aliphatic rings. The number of aliphatic hydroxyl groups excluding tert-OH is 1. The van der Waals surface area contributed by atoms with Crippen molar-refractivity contribution in [2.45, 2.75) is 32.0 Å². The quantitative estimate of drug-likeness (QED) is 0.805. The van der Waals surface area contributed by atoms with Crippen LogP contribution >= 0.6 is 11.3 Å². The van der Waals surface area contributed by atoms with Crippen LogP contribution in [0.4, 0.5) is 0 Å². The van der Waals surface area contributed by atoms with Gasteiger partial charge in [-0.15, -0.1) is 11.3 Å². The van der Waals surface area contributed by atoms with Crippen LogP contribution in [0, 0.1) is 6.92 Å². The highest BCUT2D eigenvalue weighted by Crippen LogP contribution is 2.34. The molecular weight excluding hydrogens is 298 g/mol. The molecule has 2 atom stereocenters. The molecule has 2 aromatic heterocycles. The number of benzene rings is 1. The van der Waals surface area contributed by atoms with Crippen LogP contribution in [0.15, 0.2) is 34.9 Å². The third kappa shape index (κ3) is 2.54. The van der Waals surface area contributed by atoms with E-state index < -0.39 is 0 Å². The molecule has 0 amide bonds. The summed E-state index contributed by atoms with van der Waals surface area (Å²) in [5.41, 5.74) is 0. The maximum Gasteiger partial charge on any atom is 0.244 e. The zero-order chi connectivity index (χ0) is 15.1. The van der Waals surface area contributed by atoms with Crippen molar-refractivity contribution >= 4 is 21.4 Å². The molecule has 1 saturated heterocycles. The van der Waals surface area contributed by atoms with Crippen molar-refractivity contribution in [1.82, 2.24) is 15.0 Å². The van der Waals surface area contributed by atoms with E-state index >= 15 is 0 Å². The third-order valence-electron chi connectivity index (χ3n) is 4.05. The number of hydrogen-bond acceptors (Lipinski definition) is 6. The van der Waals surface area contributed by atoms with Gasteiger partial charge in [0.15, 0.2) is 5.82 Å². The summed E-state index contributed by atoms with van der Waals surface area (Å²) in [5.74, 6) is 1.24. The first-order valence-electron chi connectivity index (χ1n) is 7.39. The Hall–Kier alpha value is -1.76. The summed E-state index contributed by atoms with van der Waals surface area (Å²) < 4.78 is 6.61. The van der Waals surface area contributed by atoms with Crippen molar-refractivity contribution in [2.24, 2.45) is 0 Å². The average molecular weight is 315 g/mol. The lowest BCUT2D eigenvalue weighted by atomic mass is 10.2. The molecule has 3 aromatic rings. The summed E-state index contributed by atoms with van der Waals surface area (Å²) >= 11 is 1.80. The van der Waals surface area contributed by atoms with Crippen molar-refractivity contribution in [3.63, 3.8) is 0 Å². The molecule has 1 fully saturated rings. The van der Waals surface area contributed by atoms with Crippen LogP contribution in [0.5, 0.6) is 0 Å². The SMILES string of the molecule is Cc1noc([C@H]2C[C@@H](O)CN2Cc2cc3ccccc3s2)n1. The summed E-state index contributed by atoms with van der Waals surface area (Å²) in [5, 5.41) is 15.2. The topological polar surface area (TPSA) is 62.4 Å². The van der Waals surface area contributed by atoms with Gasteiger partial charge in [0.05, 0.1) is 12.1 Å². The Balaban J connectivity index is 1.59. The van der Waals surface area contributed by atoms with E-state index in [0.717, 1.165) is 6.54 Å². The minimum Gasteiger partial charge on any atom is -0.392 e. The molecule has 0 radical (unpaired) electrons. The van der Waals surface area contributed by atoms with Gasteiger partial charge in [0.25, 0.3) is 0 Å². The highest BCUT2D eigenvalue weighted by Gasteiger charge is 2.35. The second-order valence-electron chi connectivity index (χ2n) is 5.77. The van der Waals surface area contributed by atoms with E-state index in [2.05, 4.69) is 45.4 Å². The number of rotatable bonds is 3. The molecule has 4 rings (SSSR count). The molecule has 3 heterocycles. The molecule has 0 spiro atoms. The van der Waals surface area contributed by atoms with Gasteiger partial charge in [-0.3, -0.25) is 4.90 Å². The second-order valence-corrected chi connectivity index (χ2v) is 6.93. The van der Waals surface area contributed by atoms with E-state index in [-0.39, 0.29) is 12.1 Å². The Morgan fingerprint density at radius 1 is 1.41 bits per heavy atom. The normalized spacial score (nSPS) is 22.6. The molecule has 5 nitrogen and oxygen atoms in total. The van der Waals surface area contributed by atoms with Crippen molar-refractivity contribution < 1.29 is 9.63 Å². The zero-order valence-electron chi connectivity index (χ0n) is 12.3. The molecule has 0 aliphatic carbocycles. The number of aryl methyl sites for hydroxylation is 1. The molecule has 6 heteroatoms. The van der Waals surface area contributed by atoms with E-state index in [4.69, 9.17) is 4.52 Å². The first kappa shape index (κ1) is 13.9. The van der Waals surface area contributed by atoms with E-state index in [1.807, 2.05) is 6.92 Å². The predicted molar refractivity (Wildman–Crippen MR) is 84.6 cm³/mol.